The summed E-state index contributed by atoms with van der Waals surface area (Å²) in [5, 5.41) is 3.06. The van der Waals surface area contributed by atoms with Crippen LogP contribution in [0.25, 0.3) is 0 Å². The summed E-state index contributed by atoms with van der Waals surface area (Å²) in [6.07, 6.45) is 1.43. The second-order valence-corrected chi connectivity index (χ2v) is 6.48. The zero-order valence-corrected chi connectivity index (χ0v) is 15.6. The van der Waals surface area contributed by atoms with Gasteiger partial charge in [-0.1, -0.05) is 30.3 Å². The molecule has 1 aliphatic rings. The lowest BCUT2D eigenvalue weighted by Crippen LogP contribution is -2.38. The molecular weight excluding hydrogens is 344 g/mol. The third kappa shape index (κ3) is 4.58. The highest BCUT2D eigenvalue weighted by Gasteiger charge is 2.25. The standard InChI is InChI=1S/C21H24N2O4/c1-26-17-11-16(12-18(13-17)27-2)21(25)22-19(15-7-4-3-5-8-15)14-23-10-6-9-20(23)24/h3-5,7-8,11-13,19H,6,9-10,14H2,1-2H3,(H,22,25). The van der Waals surface area contributed by atoms with E-state index in [1.807, 2.05) is 35.2 Å². The minimum Gasteiger partial charge on any atom is -0.497 e. The Morgan fingerprint density at radius 1 is 1.11 bits per heavy atom. The SMILES string of the molecule is COc1cc(OC)cc(C(=O)NC(CN2CCCC2=O)c2ccccc2)c1. The molecule has 0 saturated carbocycles. The molecule has 1 aliphatic heterocycles. The molecule has 27 heavy (non-hydrogen) atoms. The monoisotopic (exact) mass is 368 g/mol. The van der Waals surface area contributed by atoms with Crippen LogP contribution in [0.1, 0.15) is 34.8 Å². The van der Waals surface area contributed by atoms with Crippen LogP contribution in [0.2, 0.25) is 0 Å². The minimum absolute atomic E-state index is 0.133. The molecule has 2 amide bonds. The van der Waals surface area contributed by atoms with Crippen LogP contribution in [0.4, 0.5) is 0 Å². The fourth-order valence-corrected chi connectivity index (χ4v) is 3.22. The smallest absolute Gasteiger partial charge is 0.252 e. The Kier molecular flexibility index (Phi) is 5.96. The van der Waals surface area contributed by atoms with Gasteiger partial charge in [0.2, 0.25) is 5.91 Å². The maximum absolute atomic E-state index is 12.9. The molecule has 1 heterocycles. The first kappa shape index (κ1) is 18.8. The number of nitrogens with one attached hydrogen (secondary N) is 1. The van der Waals surface area contributed by atoms with Crippen LogP contribution in [0.3, 0.4) is 0 Å². The molecule has 142 valence electrons. The number of hydrogen-bond donors (Lipinski definition) is 1. The van der Waals surface area contributed by atoms with Gasteiger partial charge in [-0.05, 0) is 24.1 Å². The zero-order chi connectivity index (χ0) is 19.2. The molecule has 1 atom stereocenters. The van der Waals surface area contributed by atoms with E-state index in [1.54, 1.807) is 32.4 Å². The van der Waals surface area contributed by atoms with E-state index in [1.165, 1.54) is 0 Å². The van der Waals surface area contributed by atoms with E-state index in [0.717, 1.165) is 18.5 Å². The Morgan fingerprint density at radius 2 is 1.78 bits per heavy atom. The van der Waals surface area contributed by atoms with E-state index in [-0.39, 0.29) is 17.9 Å². The maximum atomic E-state index is 12.9. The van der Waals surface area contributed by atoms with E-state index in [2.05, 4.69) is 5.32 Å². The first-order valence-electron chi connectivity index (χ1n) is 8.97. The summed E-state index contributed by atoms with van der Waals surface area (Å²) >= 11 is 0. The van der Waals surface area contributed by atoms with Crippen molar-refractivity contribution < 1.29 is 19.1 Å². The predicted molar refractivity (Wildman–Crippen MR) is 102 cm³/mol. The largest absolute Gasteiger partial charge is 0.497 e. The molecule has 0 spiro atoms. The molecule has 6 nitrogen and oxygen atoms in total. The Hall–Kier alpha value is -3.02. The highest BCUT2D eigenvalue weighted by atomic mass is 16.5. The molecule has 0 aromatic heterocycles. The number of amides is 2. The number of carbonyl (C=O) groups is 2. The van der Waals surface area contributed by atoms with Crippen molar-refractivity contribution in [1.82, 2.24) is 10.2 Å². The van der Waals surface area contributed by atoms with Gasteiger partial charge in [0, 0.05) is 31.1 Å². The molecule has 2 aromatic carbocycles. The Labute approximate surface area is 159 Å². The summed E-state index contributed by atoms with van der Waals surface area (Å²) in [5.74, 6) is 0.983. The lowest BCUT2D eigenvalue weighted by atomic mass is 10.1. The van der Waals surface area contributed by atoms with Gasteiger partial charge in [0.05, 0.1) is 20.3 Å². The Bertz CT molecular complexity index is 785. The number of hydrogen-bond acceptors (Lipinski definition) is 4. The second kappa shape index (κ2) is 8.58. The summed E-state index contributed by atoms with van der Waals surface area (Å²) < 4.78 is 10.5. The normalized spacial score (nSPS) is 14.7. The fourth-order valence-electron chi connectivity index (χ4n) is 3.22. The summed E-state index contributed by atoms with van der Waals surface area (Å²) in [5.41, 5.74) is 1.40. The molecule has 1 fully saturated rings. The van der Waals surface area contributed by atoms with Gasteiger partial charge in [-0.25, -0.2) is 0 Å². The first-order valence-corrected chi connectivity index (χ1v) is 8.97. The van der Waals surface area contributed by atoms with Crippen molar-refractivity contribution in [1.29, 1.82) is 0 Å². The minimum atomic E-state index is -0.294. The summed E-state index contributed by atoms with van der Waals surface area (Å²) in [4.78, 5) is 26.7. The number of benzene rings is 2. The number of nitrogens with zero attached hydrogens (tertiary/aromatic N) is 1. The highest BCUT2D eigenvalue weighted by molar-refractivity contribution is 5.95. The molecule has 1 unspecified atom stereocenters. The zero-order valence-electron chi connectivity index (χ0n) is 15.6. The second-order valence-electron chi connectivity index (χ2n) is 6.48. The highest BCUT2D eigenvalue weighted by Crippen LogP contribution is 2.24. The molecule has 0 aliphatic carbocycles. The van der Waals surface area contributed by atoms with Gasteiger partial charge < -0.3 is 19.7 Å². The Morgan fingerprint density at radius 3 is 2.33 bits per heavy atom. The van der Waals surface area contributed by atoms with Crippen LogP contribution in [0.5, 0.6) is 11.5 Å². The van der Waals surface area contributed by atoms with Gasteiger partial charge in [-0.15, -0.1) is 0 Å². The van der Waals surface area contributed by atoms with Crippen molar-refractivity contribution in [3.63, 3.8) is 0 Å². The van der Waals surface area contributed by atoms with Crippen molar-refractivity contribution in [3.8, 4) is 11.5 Å². The van der Waals surface area contributed by atoms with Crippen LogP contribution in [-0.2, 0) is 4.79 Å². The van der Waals surface area contributed by atoms with Crippen molar-refractivity contribution >= 4 is 11.8 Å². The van der Waals surface area contributed by atoms with Gasteiger partial charge in [0.1, 0.15) is 11.5 Å². The number of likely N-dealkylation sites (tertiary alicyclic amines) is 1. The number of carbonyl (C=O) groups excluding carboxylic acids is 2. The van der Waals surface area contributed by atoms with Crippen LogP contribution in [0.15, 0.2) is 48.5 Å². The van der Waals surface area contributed by atoms with Gasteiger partial charge >= 0.3 is 0 Å². The third-order valence-corrected chi connectivity index (χ3v) is 4.70. The topological polar surface area (TPSA) is 67.9 Å². The number of ether oxygens (including phenoxy) is 2. The number of methoxy groups -OCH3 is 2. The van der Waals surface area contributed by atoms with E-state index < -0.39 is 0 Å². The molecule has 0 radical (unpaired) electrons. The van der Waals surface area contributed by atoms with Crippen molar-refractivity contribution in [2.75, 3.05) is 27.3 Å². The molecule has 1 N–H and O–H groups in total. The molecule has 2 aromatic rings. The first-order chi connectivity index (χ1) is 13.1. The van der Waals surface area contributed by atoms with E-state index in [0.29, 0.717) is 30.0 Å². The Balaban J connectivity index is 1.83. The molecular formula is C21H24N2O4. The molecule has 6 heteroatoms. The average molecular weight is 368 g/mol. The van der Waals surface area contributed by atoms with Crippen LogP contribution < -0.4 is 14.8 Å². The fraction of sp³-hybridized carbons (Fsp3) is 0.333. The van der Waals surface area contributed by atoms with Crippen molar-refractivity contribution in [2.45, 2.75) is 18.9 Å². The summed E-state index contributed by atoms with van der Waals surface area (Å²) in [7, 11) is 3.09. The van der Waals surface area contributed by atoms with Gasteiger partial charge in [-0.2, -0.15) is 0 Å². The van der Waals surface area contributed by atoms with Gasteiger partial charge in [-0.3, -0.25) is 9.59 Å². The average Bonchev–Trinajstić information content (AvgIpc) is 3.12. The van der Waals surface area contributed by atoms with Gasteiger partial charge in [0.25, 0.3) is 5.91 Å². The van der Waals surface area contributed by atoms with E-state index in [4.69, 9.17) is 9.47 Å². The summed E-state index contributed by atoms with van der Waals surface area (Å²) in [6.45, 7) is 1.18. The molecule has 0 bridgehead atoms. The van der Waals surface area contributed by atoms with Crippen LogP contribution in [0, 0.1) is 0 Å². The molecule has 3 rings (SSSR count). The lowest BCUT2D eigenvalue weighted by molar-refractivity contribution is -0.128. The van der Waals surface area contributed by atoms with Crippen molar-refractivity contribution in [3.05, 3.63) is 59.7 Å². The number of rotatable bonds is 7. The third-order valence-electron chi connectivity index (χ3n) is 4.70. The predicted octanol–water partition coefficient (Wildman–Crippen LogP) is 2.80. The van der Waals surface area contributed by atoms with E-state index >= 15 is 0 Å². The maximum Gasteiger partial charge on any atom is 0.252 e. The van der Waals surface area contributed by atoms with Crippen molar-refractivity contribution in [2.24, 2.45) is 0 Å². The van der Waals surface area contributed by atoms with Crippen LogP contribution in [-0.4, -0.2) is 44.0 Å². The lowest BCUT2D eigenvalue weighted by Gasteiger charge is -2.25. The van der Waals surface area contributed by atoms with E-state index in [9.17, 15) is 9.59 Å². The molecule has 1 saturated heterocycles. The van der Waals surface area contributed by atoms with Gasteiger partial charge in [0.15, 0.2) is 0 Å². The van der Waals surface area contributed by atoms with Crippen LogP contribution >= 0.6 is 0 Å². The quantitative estimate of drug-likeness (QED) is 0.816. The summed E-state index contributed by atoms with van der Waals surface area (Å²) in [6, 6.07) is 14.4.